The molecule has 140 valence electrons. The van der Waals surface area contributed by atoms with E-state index in [-0.39, 0.29) is 0 Å². The molecule has 7 heteroatoms. The van der Waals surface area contributed by atoms with Crippen LogP contribution in [-0.4, -0.2) is 24.7 Å². The van der Waals surface area contributed by atoms with Gasteiger partial charge in [0.15, 0.2) is 5.82 Å². The van der Waals surface area contributed by atoms with E-state index in [0.29, 0.717) is 5.82 Å². The first-order chi connectivity index (χ1) is 13.7. The number of rotatable bonds is 6. The van der Waals surface area contributed by atoms with Gasteiger partial charge in [0, 0.05) is 48.1 Å². The smallest absolute Gasteiger partial charge is 0.161 e. The molecule has 4 rings (SSSR count). The van der Waals surface area contributed by atoms with Crippen molar-refractivity contribution < 1.29 is 0 Å². The fourth-order valence-corrected chi connectivity index (χ4v) is 3.20. The first-order valence-corrected chi connectivity index (χ1v) is 9.75. The Morgan fingerprint density at radius 3 is 2.54 bits per heavy atom. The fraction of sp³-hybridized carbons (Fsp3) is 0.143. The number of hydrogen-bond donors (Lipinski definition) is 1. The van der Waals surface area contributed by atoms with Crippen LogP contribution in [0.5, 0.6) is 0 Å². The van der Waals surface area contributed by atoms with Crippen molar-refractivity contribution in [3.8, 4) is 11.4 Å². The molecule has 4 aromatic rings. The highest BCUT2D eigenvalue weighted by atomic mass is 79.9. The van der Waals surface area contributed by atoms with Crippen LogP contribution in [0.1, 0.15) is 11.3 Å². The van der Waals surface area contributed by atoms with Crippen molar-refractivity contribution in [3.05, 3.63) is 83.0 Å². The monoisotopic (exact) mass is 434 g/mol. The van der Waals surface area contributed by atoms with Crippen LogP contribution in [0.25, 0.3) is 11.4 Å². The van der Waals surface area contributed by atoms with E-state index in [9.17, 15) is 0 Å². The summed E-state index contributed by atoms with van der Waals surface area (Å²) in [5, 5.41) is 7.65. The SMILES string of the molecule is Cc1cc(Nc2ccc(CCn3cc(Br)cn3)cc2)nc(-c2ccncc2)n1. The molecule has 0 radical (unpaired) electrons. The molecule has 28 heavy (non-hydrogen) atoms. The van der Waals surface area contributed by atoms with Crippen LogP contribution in [-0.2, 0) is 13.0 Å². The third-order valence-electron chi connectivity index (χ3n) is 4.25. The molecule has 6 nitrogen and oxygen atoms in total. The van der Waals surface area contributed by atoms with E-state index in [1.807, 2.05) is 36.0 Å². The van der Waals surface area contributed by atoms with Crippen LogP contribution in [0.3, 0.4) is 0 Å². The lowest BCUT2D eigenvalue weighted by molar-refractivity contribution is 0.614. The number of nitrogens with one attached hydrogen (secondary N) is 1. The van der Waals surface area contributed by atoms with Gasteiger partial charge in [0.2, 0.25) is 0 Å². The third-order valence-corrected chi connectivity index (χ3v) is 4.66. The van der Waals surface area contributed by atoms with Crippen LogP contribution < -0.4 is 5.32 Å². The molecular formula is C21H19BrN6. The summed E-state index contributed by atoms with van der Waals surface area (Å²) >= 11 is 3.42. The third kappa shape index (κ3) is 4.61. The van der Waals surface area contributed by atoms with Crippen molar-refractivity contribution in [2.45, 2.75) is 19.9 Å². The van der Waals surface area contributed by atoms with Crippen LogP contribution in [0.2, 0.25) is 0 Å². The van der Waals surface area contributed by atoms with E-state index in [4.69, 9.17) is 0 Å². The van der Waals surface area contributed by atoms with Gasteiger partial charge < -0.3 is 5.32 Å². The maximum atomic E-state index is 4.63. The van der Waals surface area contributed by atoms with Crippen molar-refractivity contribution >= 4 is 27.4 Å². The zero-order valence-corrected chi connectivity index (χ0v) is 17.0. The molecule has 0 spiro atoms. The summed E-state index contributed by atoms with van der Waals surface area (Å²) in [6, 6.07) is 14.1. The highest BCUT2D eigenvalue weighted by Gasteiger charge is 2.06. The Kier molecular flexibility index (Phi) is 5.43. The van der Waals surface area contributed by atoms with E-state index < -0.39 is 0 Å². The zero-order chi connectivity index (χ0) is 19.3. The van der Waals surface area contributed by atoms with E-state index in [1.165, 1.54) is 5.56 Å². The molecule has 0 saturated heterocycles. The number of benzene rings is 1. The van der Waals surface area contributed by atoms with Crippen LogP contribution in [0, 0.1) is 6.92 Å². The molecular weight excluding hydrogens is 416 g/mol. The Morgan fingerprint density at radius 2 is 1.82 bits per heavy atom. The normalized spacial score (nSPS) is 10.8. The Labute approximate surface area is 171 Å². The van der Waals surface area contributed by atoms with Gasteiger partial charge >= 0.3 is 0 Å². The van der Waals surface area contributed by atoms with Crippen molar-refractivity contribution in [2.24, 2.45) is 0 Å². The summed E-state index contributed by atoms with van der Waals surface area (Å²) in [6.07, 6.45) is 8.20. The lowest BCUT2D eigenvalue weighted by Crippen LogP contribution is -2.02. The number of aromatic nitrogens is 5. The Balaban J connectivity index is 1.45. The van der Waals surface area contributed by atoms with E-state index in [2.05, 4.69) is 65.6 Å². The van der Waals surface area contributed by atoms with Gasteiger partial charge in [-0.15, -0.1) is 0 Å². The van der Waals surface area contributed by atoms with Gasteiger partial charge in [0.25, 0.3) is 0 Å². The zero-order valence-electron chi connectivity index (χ0n) is 15.4. The lowest BCUT2D eigenvalue weighted by atomic mass is 10.1. The topological polar surface area (TPSA) is 68.5 Å². The summed E-state index contributed by atoms with van der Waals surface area (Å²) in [4.78, 5) is 13.2. The first kappa shape index (κ1) is 18.3. The van der Waals surface area contributed by atoms with Gasteiger partial charge in [0.05, 0.1) is 10.7 Å². The minimum Gasteiger partial charge on any atom is -0.340 e. The summed E-state index contributed by atoms with van der Waals surface area (Å²) in [6.45, 7) is 2.81. The number of halogens is 1. The molecule has 0 atom stereocenters. The molecule has 0 aliphatic carbocycles. The van der Waals surface area contributed by atoms with E-state index in [0.717, 1.165) is 40.2 Å². The predicted molar refractivity (Wildman–Crippen MR) is 113 cm³/mol. The maximum absolute atomic E-state index is 4.63. The molecule has 0 bridgehead atoms. The Morgan fingerprint density at radius 1 is 1.04 bits per heavy atom. The molecule has 0 fully saturated rings. The number of nitrogens with zero attached hydrogens (tertiary/aromatic N) is 5. The van der Waals surface area contributed by atoms with Crippen molar-refractivity contribution in [1.29, 1.82) is 0 Å². The average molecular weight is 435 g/mol. The highest BCUT2D eigenvalue weighted by molar-refractivity contribution is 9.10. The molecule has 0 amide bonds. The number of pyridine rings is 1. The van der Waals surface area contributed by atoms with Crippen LogP contribution in [0.4, 0.5) is 11.5 Å². The van der Waals surface area contributed by atoms with Crippen LogP contribution >= 0.6 is 15.9 Å². The molecule has 3 aromatic heterocycles. The summed E-state index contributed by atoms with van der Waals surface area (Å²) in [5.41, 5.74) is 4.10. The minimum absolute atomic E-state index is 0.687. The first-order valence-electron chi connectivity index (χ1n) is 8.96. The fourth-order valence-electron chi connectivity index (χ4n) is 2.87. The van der Waals surface area contributed by atoms with Gasteiger partial charge in [-0.25, -0.2) is 9.97 Å². The van der Waals surface area contributed by atoms with E-state index in [1.54, 1.807) is 18.6 Å². The lowest BCUT2D eigenvalue weighted by Gasteiger charge is -2.10. The Hall–Kier alpha value is -3.06. The molecule has 0 aliphatic heterocycles. The molecule has 0 aliphatic rings. The molecule has 1 aromatic carbocycles. The van der Waals surface area contributed by atoms with Crippen LogP contribution in [0.15, 0.2) is 71.7 Å². The molecule has 1 N–H and O–H groups in total. The second kappa shape index (κ2) is 8.31. The molecule has 3 heterocycles. The number of anilines is 2. The average Bonchev–Trinajstić information content (AvgIpc) is 3.13. The number of hydrogen-bond acceptors (Lipinski definition) is 5. The summed E-state index contributed by atoms with van der Waals surface area (Å²) in [7, 11) is 0. The quantitative estimate of drug-likeness (QED) is 0.472. The van der Waals surface area contributed by atoms with E-state index >= 15 is 0 Å². The number of aryl methyl sites for hydroxylation is 3. The van der Waals surface area contributed by atoms with Crippen molar-refractivity contribution in [2.75, 3.05) is 5.32 Å². The maximum Gasteiger partial charge on any atom is 0.161 e. The van der Waals surface area contributed by atoms with Gasteiger partial charge in [0.1, 0.15) is 5.82 Å². The van der Waals surface area contributed by atoms with Crippen molar-refractivity contribution in [1.82, 2.24) is 24.7 Å². The second-order valence-electron chi connectivity index (χ2n) is 6.45. The van der Waals surface area contributed by atoms with Gasteiger partial charge in [-0.05, 0) is 59.1 Å². The highest BCUT2D eigenvalue weighted by Crippen LogP contribution is 2.20. The predicted octanol–water partition coefficient (Wildman–Crippen LogP) is 4.79. The Bertz CT molecular complexity index is 1060. The minimum atomic E-state index is 0.687. The summed E-state index contributed by atoms with van der Waals surface area (Å²) < 4.78 is 2.93. The summed E-state index contributed by atoms with van der Waals surface area (Å²) in [5.74, 6) is 1.46. The van der Waals surface area contributed by atoms with Gasteiger partial charge in [-0.1, -0.05) is 12.1 Å². The standard InChI is InChI=1S/C21H19BrN6/c1-15-12-20(27-21(25-15)17-6-9-23-10-7-17)26-19-4-2-16(3-5-19)8-11-28-14-18(22)13-24-28/h2-7,9-10,12-14H,8,11H2,1H3,(H,25,26,27). The van der Waals surface area contributed by atoms with Crippen molar-refractivity contribution in [3.63, 3.8) is 0 Å². The molecule has 0 saturated carbocycles. The molecule has 0 unspecified atom stereocenters. The second-order valence-corrected chi connectivity index (χ2v) is 7.36. The van der Waals surface area contributed by atoms with Gasteiger partial charge in [-0.2, -0.15) is 5.10 Å². The largest absolute Gasteiger partial charge is 0.340 e. The van der Waals surface area contributed by atoms with Gasteiger partial charge in [-0.3, -0.25) is 9.67 Å².